The molecule has 1 aromatic heterocycles. The normalized spacial score (nSPS) is 10.4. The summed E-state index contributed by atoms with van der Waals surface area (Å²) < 4.78 is 10.7. The van der Waals surface area contributed by atoms with Crippen LogP contribution in [0.15, 0.2) is 48.5 Å². The van der Waals surface area contributed by atoms with Crippen molar-refractivity contribution in [2.24, 2.45) is 0 Å². The third-order valence-corrected chi connectivity index (χ3v) is 4.14. The molecule has 6 nitrogen and oxygen atoms in total. The number of hydrogen-bond acceptors (Lipinski definition) is 6. The van der Waals surface area contributed by atoms with Crippen molar-refractivity contribution in [3.63, 3.8) is 0 Å². The van der Waals surface area contributed by atoms with E-state index >= 15 is 0 Å². The second-order valence-corrected chi connectivity index (χ2v) is 6.08. The van der Waals surface area contributed by atoms with Crippen LogP contribution in [0, 0.1) is 6.92 Å². The number of anilines is 4. The number of benzene rings is 2. The highest BCUT2D eigenvalue weighted by Crippen LogP contribution is 2.31. The molecule has 2 aromatic carbocycles. The highest BCUT2D eigenvalue weighted by atomic mass is 16.5. The number of aryl methyl sites for hydroxylation is 2. The van der Waals surface area contributed by atoms with Crippen LogP contribution in [0.4, 0.5) is 23.1 Å². The van der Waals surface area contributed by atoms with E-state index in [1.807, 2.05) is 43.3 Å². The van der Waals surface area contributed by atoms with E-state index in [1.54, 1.807) is 14.2 Å². The van der Waals surface area contributed by atoms with Crippen molar-refractivity contribution in [2.75, 3.05) is 24.9 Å². The van der Waals surface area contributed by atoms with Crippen molar-refractivity contribution in [1.29, 1.82) is 0 Å². The minimum Gasteiger partial charge on any atom is -0.497 e. The molecule has 3 aromatic rings. The first kappa shape index (κ1) is 18.5. The standard InChI is InChI=1S/C21H24N4O2/c1-5-15-6-8-16(9-7-15)23-21-22-14(2)12-20(25-21)24-18-13-17(26-3)10-11-19(18)27-4/h6-13H,5H2,1-4H3,(H2,22,23,24,25). The summed E-state index contributed by atoms with van der Waals surface area (Å²) in [5.74, 6) is 2.64. The van der Waals surface area contributed by atoms with E-state index in [9.17, 15) is 0 Å². The summed E-state index contributed by atoms with van der Waals surface area (Å²) in [6, 6.07) is 15.7. The summed E-state index contributed by atoms with van der Waals surface area (Å²) in [6.45, 7) is 4.07. The zero-order valence-corrected chi connectivity index (χ0v) is 16.0. The Kier molecular flexibility index (Phi) is 5.76. The van der Waals surface area contributed by atoms with Gasteiger partial charge in [-0.15, -0.1) is 0 Å². The molecule has 140 valence electrons. The van der Waals surface area contributed by atoms with Crippen LogP contribution in [0.2, 0.25) is 0 Å². The molecule has 1 heterocycles. The molecule has 0 radical (unpaired) electrons. The Balaban J connectivity index is 1.85. The molecule has 0 saturated heterocycles. The van der Waals surface area contributed by atoms with Gasteiger partial charge in [-0.25, -0.2) is 4.98 Å². The lowest BCUT2D eigenvalue weighted by Crippen LogP contribution is -2.03. The van der Waals surface area contributed by atoms with Gasteiger partial charge in [0.1, 0.15) is 17.3 Å². The van der Waals surface area contributed by atoms with Gasteiger partial charge in [0.05, 0.1) is 19.9 Å². The molecule has 0 unspecified atom stereocenters. The van der Waals surface area contributed by atoms with Crippen LogP contribution in [0.1, 0.15) is 18.2 Å². The van der Waals surface area contributed by atoms with E-state index in [0.717, 1.165) is 29.2 Å². The summed E-state index contributed by atoms with van der Waals surface area (Å²) in [6.07, 6.45) is 1.01. The molecular formula is C21H24N4O2. The fraction of sp³-hybridized carbons (Fsp3) is 0.238. The Morgan fingerprint density at radius 3 is 2.33 bits per heavy atom. The van der Waals surface area contributed by atoms with Gasteiger partial charge in [-0.1, -0.05) is 19.1 Å². The summed E-state index contributed by atoms with van der Waals surface area (Å²) >= 11 is 0. The van der Waals surface area contributed by atoms with E-state index in [0.29, 0.717) is 17.5 Å². The number of nitrogens with zero attached hydrogens (tertiary/aromatic N) is 2. The van der Waals surface area contributed by atoms with Gasteiger partial charge in [0, 0.05) is 23.5 Å². The molecule has 0 aliphatic heterocycles. The highest BCUT2D eigenvalue weighted by Gasteiger charge is 2.08. The second-order valence-electron chi connectivity index (χ2n) is 6.08. The van der Waals surface area contributed by atoms with Crippen LogP contribution in [0.5, 0.6) is 11.5 Å². The van der Waals surface area contributed by atoms with E-state index < -0.39 is 0 Å². The van der Waals surface area contributed by atoms with Crippen LogP contribution in [0.25, 0.3) is 0 Å². The topological polar surface area (TPSA) is 68.3 Å². The molecule has 2 N–H and O–H groups in total. The zero-order valence-electron chi connectivity index (χ0n) is 16.0. The van der Waals surface area contributed by atoms with Gasteiger partial charge < -0.3 is 20.1 Å². The summed E-state index contributed by atoms with van der Waals surface area (Å²) in [4.78, 5) is 9.04. The molecule has 0 bridgehead atoms. The van der Waals surface area contributed by atoms with E-state index in [-0.39, 0.29) is 0 Å². The fourth-order valence-corrected chi connectivity index (χ4v) is 2.69. The maximum atomic E-state index is 5.42. The van der Waals surface area contributed by atoms with Crippen molar-refractivity contribution in [3.8, 4) is 11.5 Å². The monoisotopic (exact) mass is 364 g/mol. The van der Waals surface area contributed by atoms with Gasteiger partial charge in [-0.3, -0.25) is 0 Å². The summed E-state index contributed by atoms with van der Waals surface area (Å²) in [5.41, 5.74) is 3.86. The van der Waals surface area contributed by atoms with Gasteiger partial charge in [0.2, 0.25) is 5.95 Å². The first-order valence-electron chi connectivity index (χ1n) is 8.82. The maximum Gasteiger partial charge on any atom is 0.229 e. The van der Waals surface area contributed by atoms with Crippen LogP contribution >= 0.6 is 0 Å². The molecule has 0 aliphatic rings. The largest absolute Gasteiger partial charge is 0.497 e. The molecule has 0 fully saturated rings. The first-order valence-corrected chi connectivity index (χ1v) is 8.82. The van der Waals surface area contributed by atoms with Crippen molar-refractivity contribution >= 4 is 23.1 Å². The third kappa shape index (κ3) is 4.67. The van der Waals surface area contributed by atoms with E-state index in [2.05, 4.69) is 39.7 Å². The van der Waals surface area contributed by atoms with Crippen molar-refractivity contribution in [3.05, 3.63) is 59.8 Å². The van der Waals surface area contributed by atoms with Gasteiger partial charge >= 0.3 is 0 Å². The second kappa shape index (κ2) is 8.40. The Hall–Kier alpha value is -3.28. The average Bonchev–Trinajstić information content (AvgIpc) is 2.68. The Morgan fingerprint density at radius 2 is 1.67 bits per heavy atom. The lowest BCUT2D eigenvalue weighted by atomic mass is 10.1. The van der Waals surface area contributed by atoms with Gasteiger partial charge in [-0.2, -0.15) is 4.98 Å². The quantitative estimate of drug-likeness (QED) is 0.624. The smallest absolute Gasteiger partial charge is 0.229 e. The van der Waals surface area contributed by atoms with Crippen LogP contribution in [0.3, 0.4) is 0 Å². The molecular weight excluding hydrogens is 340 g/mol. The molecule has 0 spiro atoms. The lowest BCUT2D eigenvalue weighted by Gasteiger charge is -2.13. The molecule has 0 aliphatic carbocycles. The van der Waals surface area contributed by atoms with Gasteiger partial charge in [-0.05, 0) is 43.2 Å². The molecule has 0 atom stereocenters. The molecule has 3 rings (SSSR count). The molecule has 0 saturated carbocycles. The van der Waals surface area contributed by atoms with Crippen LogP contribution < -0.4 is 20.1 Å². The number of nitrogens with one attached hydrogen (secondary N) is 2. The number of aromatic nitrogens is 2. The van der Waals surface area contributed by atoms with E-state index in [1.165, 1.54) is 5.56 Å². The number of ether oxygens (including phenoxy) is 2. The van der Waals surface area contributed by atoms with Crippen LogP contribution in [-0.4, -0.2) is 24.2 Å². The predicted octanol–water partition coefficient (Wildman–Crippen LogP) is 4.85. The molecule has 0 amide bonds. The van der Waals surface area contributed by atoms with Crippen molar-refractivity contribution in [1.82, 2.24) is 9.97 Å². The SMILES string of the molecule is CCc1ccc(Nc2nc(C)cc(Nc3cc(OC)ccc3OC)n2)cc1. The summed E-state index contributed by atoms with van der Waals surface area (Å²) in [5, 5.41) is 6.54. The number of rotatable bonds is 7. The third-order valence-electron chi connectivity index (χ3n) is 4.14. The average molecular weight is 364 g/mol. The minimum atomic E-state index is 0.531. The predicted molar refractivity (Wildman–Crippen MR) is 109 cm³/mol. The van der Waals surface area contributed by atoms with E-state index in [4.69, 9.17) is 9.47 Å². The van der Waals surface area contributed by atoms with Crippen molar-refractivity contribution < 1.29 is 9.47 Å². The highest BCUT2D eigenvalue weighted by molar-refractivity contribution is 5.67. The molecule has 6 heteroatoms. The zero-order chi connectivity index (χ0) is 19.2. The maximum absolute atomic E-state index is 5.42. The fourth-order valence-electron chi connectivity index (χ4n) is 2.69. The van der Waals surface area contributed by atoms with Crippen LogP contribution in [-0.2, 0) is 6.42 Å². The minimum absolute atomic E-state index is 0.531. The number of hydrogen-bond donors (Lipinski definition) is 2. The van der Waals surface area contributed by atoms with Gasteiger partial charge in [0.25, 0.3) is 0 Å². The Morgan fingerprint density at radius 1 is 0.889 bits per heavy atom. The lowest BCUT2D eigenvalue weighted by molar-refractivity contribution is 0.405. The Bertz CT molecular complexity index is 911. The van der Waals surface area contributed by atoms with Gasteiger partial charge in [0.15, 0.2) is 0 Å². The first-order chi connectivity index (χ1) is 13.1. The number of methoxy groups -OCH3 is 2. The Labute approximate surface area is 159 Å². The summed E-state index contributed by atoms with van der Waals surface area (Å²) in [7, 11) is 3.26. The van der Waals surface area contributed by atoms with Crippen molar-refractivity contribution in [2.45, 2.75) is 20.3 Å². The molecule has 27 heavy (non-hydrogen) atoms.